The number of aryl methyl sites for hydroxylation is 2. The summed E-state index contributed by atoms with van der Waals surface area (Å²) < 4.78 is 0. The average Bonchev–Trinajstić information content (AvgIpc) is 2.93. The molecule has 0 atom stereocenters. The second-order valence-electron chi connectivity index (χ2n) is 5.04. The van der Waals surface area contributed by atoms with Gasteiger partial charge in [0.2, 0.25) is 0 Å². The van der Waals surface area contributed by atoms with Gasteiger partial charge in [0.25, 0.3) is 0 Å². The van der Waals surface area contributed by atoms with Gasteiger partial charge in [0.05, 0.1) is 12.3 Å². The number of nitrogens with zero attached hydrogens (tertiary/aromatic N) is 1. The van der Waals surface area contributed by atoms with Crippen LogP contribution in [0.1, 0.15) is 22.3 Å². The third kappa shape index (κ3) is 2.37. The minimum absolute atomic E-state index is 0.784. The van der Waals surface area contributed by atoms with Crippen LogP contribution in [0.2, 0.25) is 0 Å². The van der Waals surface area contributed by atoms with Crippen molar-refractivity contribution < 1.29 is 0 Å². The van der Waals surface area contributed by atoms with Gasteiger partial charge >= 0.3 is 0 Å². The molecule has 0 N–H and O–H groups in total. The van der Waals surface area contributed by atoms with Gasteiger partial charge in [-0.1, -0.05) is 42.5 Å². The molecule has 0 aliphatic carbocycles. The number of aliphatic imine (C=N–C) groups is 1. The van der Waals surface area contributed by atoms with Crippen LogP contribution in [0.3, 0.4) is 0 Å². The first-order valence-corrected chi connectivity index (χ1v) is 6.62. The Hall–Kier alpha value is -2.15. The fourth-order valence-electron chi connectivity index (χ4n) is 2.33. The van der Waals surface area contributed by atoms with E-state index < -0.39 is 0 Å². The van der Waals surface area contributed by atoms with E-state index in [1.807, 2.05) is 6.07 Å². The van der Waals surface area contributed by atoms with E-state index >= 15 is 0 Å². The van der Waals surface area contributed by atoms with Crippen LogP contribution in [0.25, 0.3) is 5.57 Å². The second kappa shape index (κ2) is 4.85. The van der Waals surface area contributed by atoms with Crippen LogP contribution in [0.4, 0.5) is 0 Å². The summed E-state index contributed by atoms with van der Waals surface area (Å²) in [5, 5.41) is 0. The number of hydrogen-bond acceptors (Lipinski definition) is 1. The lowest BCUT2D eigenvalue weighted by atomic mass is 10.0. The first kappa shape index (κ1) is 11.9. The lowest BCUT2D eigenvalue weighted by molar-refractivity contribution is 1.28. The molecule has 3 rings (SSSR count). The number of rotatable bonds is 2. The van der Waals surface area contributed by atoms with Gasteiger partial charge in [-0.3, -0.25) is 4.99 Å². The monoisotopic (exact) mass is 247 g/mol. The Balaban J connectivity index is 1.92. The van der Waals surface area contributed by atoms with Crippen LogP contribution in [-0.4, -0.2) is 12.3 Å². The highest BCUT2D eigenvalue weighted by atomic mass is 14.8. The molecular weight excluding hydrogens is 230 g/mol. The van der Waals surface area contributed by atoms with Crippen LogP contribution in [-0.2, 0) is 0 Å². The first-order valence-electron chi connectivity index (χ1n) is 6.62. The van der Waals surface area contributed by atoms with Gasteiger partial charge in [-0.25, -0.2) is 0 Å². The Morgan fingerprint density at radius 2 is 1.63 bits per heavy atom. The molecule has 0 spiro atoms. The van der Waals surface area contributed by atoms with Crippen molar-refractivity contribution in [1.82, 2.24) is 0 Å². The smallest absolute Gasteiger partial charge is 0.0654 e. The summed E-state index contributed by atoms with van der Waals surface area (Å²) in [5.74, 6) is 0. The molecule has 0 radical (unpaired) electrons. The quantitative estimate of drug-likeness (QED) is 0.754. The van der Waals surface area contributed by atoms with E-state index in [4.69, 9.17) is 0 Å². The first-order chi connectivity index (χ1) is 9.24. The Morgan fingerprint density at radius 1 is 0.842 bits per heavy atom. The van der Waals surface area contributed by atoms with E-state index in [-0.39, 0.29) is 0 Å². The van der Waals surface area contributed by atoms with Gasteiger partial charge < -0.3 is 0 Å². The predicted molar refractivity (Wildman–Crippen MR) is 81.7 cm³/mol. The van der Waals surface area contributed by atoms with Crippen LogP contribution < -0.4 is 0 Å². The molecule has 1 heterocycles. The van der Waals surface area contributed by atoms with Gasteiger partial charge in [0.15, 0.2) is 0 Å². The summed E-state index contributed by atoms with van der Waals surface area (Å²) in [6.07, 6.45) is 2.21. The zero-order chi connectivity index (χ0) is 13.2. The molecule has 0 saturated heterocycles. The Morgan fingerprint density at radius 3 is 2.37 bits per heavy atom. The molecule has 1 heteroatoms. The van der Waals surface area contributed by atoms with Gasteiger partial charge in [-0.15, -0.1) is 0 Å². The third-order valence-corrected chi connectivity index (χ3v) is 3.68. The number of benzene rings is 2. The zero-order valence-corrected chi connectivity index (χ0v) is 11.4. The normalized spacial score (nSPS) is 14.2. The van der Waals surface area contributed by atoms with Crippen LogP contribution >= 0.6 is 0 Å². The molecular formula is C18H17N. The van der Waals surface area contributed by atoms with Crippen molar-refractivity contribution >= 4 is 11.3 Å². The largest absolute Gasteiger partial charge is 0.280 e. The molecule has 1 aliphatic rings. The van der Waals surface area contributed by atoms with Crippen molar-refractivity contribution in [2.75, 3.05) is 6.54 Å². The van der Waals surface area contributed by atoms with Crippen molar-refractivity contribution in [3.05, 3.63) is 76.9 Å². The van der Waals surface area contributed by atoms with Crippen LogP contribution in [0.15, 0.2) is 59.6 Å². The van der Waals surface area contributed by atoms with Gasteiger partial charge in [-0.2, -0.15) is 0 Å². The topological polar surface area (TPSA) is 12.4 Å². The lowest BCUT2D eigenvalue weighted by Crippen LogP contribution is -1.95. The minimum atomic E-state index is 0.784. The highest BCUT2D eigenvalue weighted by molar-refractivity contribution is 6.15. The molecule has 0 bridgehead atoms. The Labute approximate surface area is 114 Å². The van der Waals surface area contributed by atoms with E-state index in [1.165, 1.54) is 27.8 Å². The van der Waals surface area contributed by atoms with E-state index in [1.54, 1.807) is 0 Å². The van der Waals surface area contributed by atoms with E-state index in [2.05, 4.69) is 67.4 Å². The molecule has 19 heavy (non-hydrogen) atoms. The molecule has 0 unspecified atom stereocenters. The highest BCUT2D eigenvalue weighted by Gasteiger charge is 2.11. The average molecular weight is 247 g/mol. The van der Waals surface area contributed by atoms with Crippen molar-refractivity contribution in [1.29, 1.82) is 0 Å². The fraction of sp³-hybridized carbons (Fsp3) is 0.167. The van der Waals surface area contributed by atoms with Crippen LogP contribution in [0, 0.1) is 13.8 Å². The molecule has 94 valence electrons. The van der Waals surface area contributed by atoms with Crippen molar-refractivity contribution in [2.24, 2.45) is 4.99 Å². The summed E-state index contributed by atoms with van der Waals surface area (Å²) >= 11 is 0. The number of allylic oxidation sites excluding steroid dienone is 1. The van der Waals surface area contributed by atoms with E-state index in [9.17, 15) is 0 Å². The van der Waals surface area contributed by atoms with Crippen molar-refractivity contribution in [3.8, 4) is 0 Å². The lowest BCUT2D eigenvalue weighted by Gasteiger charge is -2.03. The molecule has 0 amide bonds. The zero-order valence-electron chi connectivity index (χ0n) is 11.4. The van der Waals surface area contributed by atoms with Gasteiger partial charge in [0, 0.05) is 0 Å². The number of hydrogen-bond donors (Lipinski definition) is 0. The van der Waals surface area contributed by atoms with Gasteiger partial charge in [0.1, 0.15) is 0 Å². The highest BCUT2D eigenvalue weighted by Crippen LogP contribution is 2.22. The van der Waals surface area contributed by atoms with Crippen molar-refractivity contribution in [2.45, 2.75) is 13.8 Å². The molecule has 1 aliphatic heterocycles. The summed E-state index contributed by atoms with van der Waals surface area (Å²) in [6, 6.07) is 17.0. The maximum atomic E-state index is 4.66. The fourth-order valence-corrected chi connectivity index (χ4v) is 2.33. The SMILES string of the molecule is Cc1ccc(C2=NCC(c3ccccc3)=C2)cc1C. The van der Waals surface area contributed by atoms with E-state index in [0.717, 1.165) is 12.3 Å². The molecule has 2 aromatic carbocycles. The van der Waals surface area contributed by atoms with E-state index in [0.29, 0.717) is 0 Å². The molecule has 0 saturated carbocycles. The Bertz CT molecular complexity index is 663. The molecule has 1 nitrogen and oxygen atoms in total. The summed E-state index contributed by atoms with van der Waals surface area (Å²) in [4.78, 5) is 4.66. The third-order valence-electron chi connectivity index (χ3n) is 3.68. The van der Waals surface area contributed by atoms with Gasteiger partial charge in [-0.05, 0) is 53.8 Å². The maximum absolute atomic E-state index is 4.66. The van der Waals surface area contributed by atoms with Crippen molar-refractivity contribution in [3.63, 3.8) is 0 Å². The Kier molecular flexibility index (Phi) is 3.04. The summed E-state index contributed by atoms with van der Waals surface area (Å²) in [7, 11) is 0. The summed E-state index contributed by atoms with van der Waals surface area (Å²) in [6.45, 7) is 5.07. The standard InChI is InChI=1S/C18H17N/c1-13-8-9-16(10-14(13)2)18-11-17(12-19-18)15-6-4-3-5-7-15/h3-11H,12H2,1-2H3. The molecule has 2 aromatic rings. The maximum Gasteiger partial charge on any atom is 0.0654 e. The molecule has 0 aromatic heterocycles. The summed E-state index contributed by atoms with van der Waals surface area (Å²) in [5.41, 5.74) is 7.53. The predicted octanol–water partition coefficient (Wildman–Crippen LogP) is 4.19. The second-order valence-corrected chi connectivity index (χ2v) is 5.04. The van der Waals surface area contributed by atoms with Crippen LogP contribution in [0.5, 0.6) is 0 Å². The minimum Gasteiger partial charge on any atom is -0.280 e. The molecule has 0 fully saturated rings.